The van der Waals surface area contributed by atoms with E-state index in [9.17, 15) is 10.1 Å². The van der Waals surface area contributed by atoms with Gasteiger partial charge in [-0.05, 0) is 24.3 Å². The van der Waals surface area contributed by atoms with Crippen LogP contribution in [0.3, 0.4) is 0 Å². The number of hydrogen-bond donors (Lipinski definition) is 2. The summed E-state index contributed by atoms with van der Waals surface area (Å²) in [5.41, 5.74) is 5.74. The maximum absolute atomic E-state index is 10.8. The molecule has 16 heavy (non-hydrogen) atoms. The average molecular weight is 222 g/mol. The van der Waals surface area contributed by atoms with Gasteiger partial charge >= 0.3 is 5.69 Å². The van der Waals surface area contributed by atoms with Gasteiger partial charge in [-0.3, -0.25) is 10.1 Å². The molecular formula is C10H14N4O2. The monoisotopic (exact) mass is 222 g/mol. The standard InChI is InChI=1S/C10H14N4O2/c1-10(4-5-10)6-12-9-7(14(15)16)2-3-8(11)13-9/h2-3H,4-6H2,1H3,(H3,11,12,13). The normalized spacial score (nSPS) is 16.8. The second-order valence-corrected chi connectivity index (χ2v) is 4.53. The predicted octanol–water partition coefficient (Wildman–Crippen LogP) is 1.78. The molecule has 2 rings (SSSR count). The summed E-state index contributed by atoms with van der Waals surface area (Å²) in [4.78, 5) is 14.3. The van der Waals surface area contributed by atoms with Crippen LogP contribution in [0.25, 0.3) is 0 Å². The third-order valence-electron chi connectivity index (χ3n) is 2.88. The highest BCUT2D eigenvalue weighted by Crippen LogP contribution is 2.45. The van der Waals surface area contributed by atoms with Gasteiger partial charge in [-0.1, -0.05) is 6.92 Å². The summed E-state index contributed by atoms with van der Waals surface area (Å²) in [5, 5.41) is 13.8. The van der Waals surface area contributed by atoms with Gasteiger partial charge < -0.3 is 11.1 Å². The van der Waals surface area contributed by atoms with E-state index in [0.717, 1.165) is 12.8 Å². The number of aromatic nitrogens is 1. The van der Waals surface area contributed by atoms with Crippen molar-refractivity contribution >= 4 is 17.3 Å². The molecule has 0 atom stereocenters. The van der Waals surface area contributed by atoms with Crippen LogP contribution in [-0.4, -0.2) is 16.5 Å². The summed E-state index contributed by atoms with van der Waals surface area (Å²) >= 11 is 0. The molecule has 1 fully saturated rings. The fraction of sp³-hybridized carbons (Fsp3) is 0.500. The number of rotatable bonds is 4. The largest absolute Gasteiger partial charge is 0.384 e. The van der Waals surface area contributed by atoms with Crippen molar-refractivity contribution in [3.8, 4) is 0 Å². The van der Waals surface area contributed by atoms with E-state index in [4.69, 9.17) is 5.73 Å². The van der Waals surface area contributed by atoms with E-state index >= 15 is 0 Å². The van der Waals surface area contributed by atoms with E-state index in [1.165, 1.54) is 12.1 Å². The zero-order valence-corrected chi connectivity index (χ0v) is 9.06. The minimum Gasteiger partial charge on any atom is -0.384 e. The Hall–Kier alpha value is -1.85. The molecule has 0 bridgehead atoms. The maximum atomic E-state index is 10.8. The summed E-state index contributed by atoms with van der Waals surface area (Å²) in [6.45, 7) is 2.84. The van der Waals surface area contributed by atoms with Gasteiger partial charge in [0, 0.05) is 12.6 Å². The molecule has 1 aliphatic rings. The third-order valence-corrected chi connectivity index (χ3v) is 2.88. The highest BCUT2D eigenvalue weighted by atomic mass is 16.6. The molecule has 0 unspecified atom stereocenters. The van der Waals surface area contributed by atoms with Crippen molar-refractivity contribution in [2.45, 2.75) is 19.8 Å². The number of pyridine rings is 1. The van der Waals surface area contributed by atoms with E-state index < -0.39 is 4.92 Å². The van der Waals surface area contributed by atoms with Crippen molar-refractivity contribution in [3.05, 3.63) is 22.2 Å². The van der Waals surface area contributed by atoms with Crippen molar-refractivity contribution < 1.29 is 4.92 Å². The second-order valence-electron chi connectivity index (χ2n) is 4.53. The number of nitrogens with one attached hydrogen (secondary N) is 1. The van der Waals surface area contributed by atoms with E-state index in [-0.39, 0.29) is 22.7 Å². The lowest BCUT2D eigenvalue weighted by Gasteiger charge is -2.10. The van der Waals surface area contributed by atoms with E-state index in [0.29, 0.717) is 6.54 Å². The van der Waals surface area contributed by atoms with Crippen molar-refractivity contribution in [1.29, 1.82) is 0 Å². The highest BCUT2D eigenvalue weighted by Gasteiger charge is 2.37. The predicted molar refractivity (Wildman–Crippen MR) is 61.1 cm³/mol. The van der Waals surface area contributed by atoms with E-state index in [2.05, 4.69) is 17.2 Å². The zero-order chi connectivity index (χ0) is 11.8. The molecule has 0 aliphatic heterocycles. The lowest BCUT2D eigenvalue weighted by molar-refractivity contribution is -0.384. The molecule has 1 aromatic heterocycles. The van der Waals surface area contributed by atoms with E-state index in [1.807, 2.05) is 0 Å². The molecular weight excluding hydrogens is 208 g/mol. The Morgan fingerprint density at radius 3 is 2.88 bits per heavy atom. The quantitative estimate of drug-likeness (QED) is 0.598. The number of anilines is 2. The van der Waals surface area contributed by atoms with Crippen LogP contribution < -0.4 is 11.1 Å². The van der Waals surface area contributed by atoms with Crippen molar-refractivity contribution in [3.63, 3.8) is 0 Å². The molecule has 1 aromatic rings. The van der Waals surface area contributed by atoms with Crippen molar-refractivity contribution in [1.82, 2.24) is 4.98 Å². The first-order chi connectivity index (χ1) is 7.50. The van der Waals surface area contributed by atoms with Crippen LogP contribution in [0.1, 0.15) is 19.8 Å². The zero-order valence-electron chi connectivity index (χ0n) is 9.06. The van der Waals surface area contributed by atoms with Crippen LogP contribution >= 0.6 is 0 Å². The summed E-state index contributed by atoms with van der Waals surface area (Å²) in [6.07, 6.45) is 2.30. The summed E-state index contributed by atoms with van der Waals surface area (Å²) in [5.74, 6) is 0.548. The molecule has 3 N–H and O–H groups in total. The number of hydrogen-bond acceptors (Lipinski definition) is 5. The molecule has 0 spiro atoms. The molecule has 1 aliphatic carbocycles. The average Bonchev–Trinajstić information content (AvgIpc) is 2.94. The van der Waals surface area contributed by atoms with Crippen molar-refractivity contribution in [2.24, 2.45) is 5.41 Å². The molecule has 0 radical (unpaired) electrons. The Kier molecular flexibility index (Phi) is 2.41. The first-order valence-electron chi connectivity index (χ1n) is 5.15. The first-order valence-corrected chi connectivity index (χ1v) is 5.15. The summed E-state index contributed by atoms with van der Waals surface area (Å²) < 4.78 is 0. The number of nitrogens with two attached hydrogens (primary N) is 1. The lowest BCUT2D eigenvalue weighted by atomic mass is 10.1. The molecule has 1 saturated carbocycles. The Morgan fingerprint density at radius 2 is 2.31 bits per heavy atom. The van der Waals surface area contributed by atoms with Gasteiger partial charge in [0.25, 0.3) is 0 Å². The minimum atomic E-state index is -0.454. The van der Waals surface area contributed by atoms with Crippen LogP contribution in [0, 0.1) is 15.5 Å². The van der Waals surface area contributed by atoms with Gasteiger partial charge in [0.2, 0.25) is 5.82 Å². The Labute approximate surface area is 93.0 Å². The second kappa shape index (κ2) is 3.62. The van der Waals surface area contributed by atoms with Crippen LogP contribution in [0.4, 0.5) is 17.3 Å². The lowest BCUT2D eigenvalue weighted by Crippen LogP contribution is -2.14. The van der Waals surface area contributed by atoms with Gasteiger partial charge in [0.15, 0.2) is 0 Å². The number of nitrogens with zero attached hydrogens (tertiary/aromatic N) is 2. The first kappa shape index (κ1) is 10.7. The Balaban J connectivity index is 2.16. The van der Waals surface area contributed by atoms with Gasteiger partial charge in [0.05, 0.1) is 4.92 Å². The number of nitro groups is 1. The minimum absolute atomic E-state index is 0.0292. The Morgan fingerprint density at radius 1 is 1.62 bits per heavy atom. The molecule has 86 valence electrons. The van der Waals surface area contributed by atoms with Gasteiger partial charge in [-0.15, -0.1) is 0 Å². The van der Waals surface area contributed by atoms with Gasteiger partial charge in [-0.25, -0.2) is 4.98 Å². The van der Waals surface area contributed by atoms with E-state index in [1.54, 1.807) is 0 Å². The van der Waals surface area contributed by atoms with Crippen LogP contribution in [0.2, 0.25) is 0 Å². The molecule has 0 amide bonds. The molecule has 0 saturated heterocycles. The molecule has 1 heterocycles. The molecule has 6 nitrogen and oxygen atoms in total. The Bertz CT molecular complexity index is 429. The van der Waals surface area contributed by atoms with Crippen LogP contribution in [0.5, 0.6) is 0 Å². The van der Waals surface area contributed by atoms with Crippen molar-refractivity contribution in [2.75, 3.05) is 17.6 Å². The van der Waals surface area contributed by atoms with Crippen LogP contribution in [-0.2, 0) is 0 Å². The highest BCUT2D eigenvalue weighted by molar-refractivity contribution is 5.59. The van der Waals surface area contributed by atoms with Gasteiger partial charge in [-0.2, -0.15) is 0 Å². The fourth-order valence-corrected chi connectivity index (χ4v) is 1.43. The fourth-order valence-electron chi connectivity index (χ4n) is 1.43. The molecule has 0 aromatic carbocycles. The third kappa shape index (κ3) is 2.21. The maximum Gasteiger partial charge on any atom is 0.311 e. The van der Waals surface area contributed by atoms with Crippen LogP contribution in [0.15, 0.2) is 12.1 Å². The summed E-state index contributed by atoms with van der Waals surface area (Å²) in [6, 6.07) is 2.81. The smallest absolute Gasteiger partial charge is 0.311 e. The molecule has 6 heteroatoms. The van der Waals surface area contributed by atoms with Gasteiger partial charge in [0.1, 0.15) is 5.82 Å². The summed E-state index contributed by atoms with van der Waals surface area (Å²) in [7, 11) is 0. The number of nitrogen functional groups attached to an aromatic ring is 1. The SMILES string of the molecule is CC1(CNc2nc(N)ccc2[N+](=O)[O-])CC1. The topological polar surface area (TPSA) is 94.1 Å².